The zero-order chi connectivity index (χ0) is 19.0. The van der Waals surface area contributed by atoms with Gasteiger partial charge in [0.25, 0.3) is 0 Å². The van der Waals surface area contributed by atoms with Crippen LogP contribution in [0.2, 0.25) is 5.02 Å². The molecule has 27 heavy (non-hydrogen) atoms. The second-order valence-corrected chi connectivity index (χ2v) is 7.51. The number of halogens is 2. The number of ether oxygens (including phenoxy) is 1. The van der Waals surface area contributed by atoms with Gasteiger partial charge >= 0.3 is 5.97 Å². The second-order valence-electron chi connectivity index (χ2n) is 7.08. The Balaban J connectivity index is 1.89. The molecule has 4 rings (SSSR count). The summed E-state index contributed by atoms with van der Waals surface area (Å²) in [6.45, 7) is 0.724. The van der Waals surface area contributed by atoms with Crippen LogP contribution in [-0.2, 0) is 15.1 Å². The summed E-state index contributed by atoms with van der Waals surface area (Å²) in [5.41, 5.74) is -0.308. The third kappa shape index (κ3) is 3.10. The fourth-order valence-corrected chi connectivity index (χ4v) is 3.94. The summed E-state index contributed by atoms with van der Waals surface area (Å²) in [5, 5.41) is 0.312. The Kier molecular flexibility index (Phi) is 4.64. The molecule has 0 N–H and O–H groups in total. The molecule has 0 bridgehead atoms. The number of esters is 1. The molecule has 0 amide bonds. The van der Waals surface area contributed by atoms with Crippen LogP contribution >= 0.6 is 11.6 Å². The number of nitrogens with zero attached hydrogens (tertiary/aromatic N) is 2. The smallest absolute Gasteiger partial charge is 0.341 e. The quantitative estimate of drug-likeness (QED) is 0.718. The van der Waals surface area contributed by atoms with E-state index >= 15 is 0 Å². The Morgan fingerprint density at radius 1 is 1.30 bits per heavy atom. The number of carbonyl (C=O) groups excluding carboxylic acids is 1. The van der Waals surface area contributed by atoms with E-state index in [9.17, 15) is 9.18 Å². The normalized spacial score (nSPS) is 24.3. The third-order valence-electron chi connectivity index (χ3n) is 5.27. The minimum atomic E-state index is -1.36. The number of rotatable bonds is 5. The van der Waals surface area contributed by atoms with Crippen LogP contribution in [0, 0.1) is 11.7 Å². The van der Waals surface area contributed by atoms with Gasteiger partial charge in [0.05, 0.1) is 19.5 Å². The first-order valence-electron chi connectivity index (χ1n) is 8.96. The lowest BCUT2D eigenvalue weighted by molar-refractivity contribution is -0.149. The van der Waals surface area contributed by atoms with Crippen LogP contribution in [-0.4, -0.2) is 30.9 Å². The number of carbonyl (C=O) groups is 1. The van der Waals surface area contributed by atoms with Crippen molar-refractivity contribution in [1.82, 2.24) is 4.90 Å². The van der Waals surface area contributed by atoms with E-state index < -0.39 is 23.4 Å². The van der Waals surface area contributed by atoms with Crippen molar-refractivity contribution >= 4 is 23.9 Å². The van der Waals surface area contributed by atoms with Crippen molar-refractivity contribution in [3.05, 3.63) is 70.5 Å². The van der Waals surface area contributed by atoms with E-state index in [0.29, 0.717) is 22.1 Å². The summed E-state index contributed by atoms with van der Waals surface area (Å²) in [7, 11) is 1.33. The molecule has 2 unspecified atom stereocenters. The molecular weight excluding hydrogens is 367 g/mol. The van der Waals surface area contributed by atoms with Crippen molar-refractivity contribution < 1.29 is 13.9 Å². The number of methoxy groups -OCH3 is 1. The molecule has 2 aromatic rings. The fourth-order valence-electron chi connectivity index (χ4n) is 3.78. The van der Waals surface area contributed by atoms with E-state index in [1.54, 1.807) is 18.5 Å². The Labute approximate surface area is 162 Å². The van der Waals surface area contributed by atoms with Crippen molar-refractivity contribution in [2.45, 2.75) is 24.4 Å². The van der Waals surface area contributed by atoms with E-state index in [1.807, 2.05) is 35.2 Å². The van der Waals surface area contributed by atoms with Crippen LogP contribution in [0.15, 0.2) is 53.5 Å². The van der Waals surface area contributed by atoms with Crippen molar-refractivity contribution in [2.24, 2.45) is 10.9 Å². The first-order chi connectivity index (χ1) is 13.1. The van der Waals surface area contributed by atoms with Gasteiger partial charge in [-0.2, -0.15) is 0 Å². The van der Waals surface area contributed by atoms with Gasteiger partial charge in [-0.15, -0.1) is 0 Å². The summed E-state index contributed by atoms with van der Waals surface area (Å²) in [6, 6.07) is 13.1. The lowest BCUT2D eigenvalue weighted by Crippen LogP contribution is -2.44. The number of aliphatic imine (C=N–C) groups is 1. The minimum absolute atomic E-state index is 0.312. The van der Waals surface area contributed by atoms with Crippen LogP contribution in [0.1, 0.15) is 30.0 Å². The highest BCUT2D eigenvalue weighted by atomic mass is 35.5. The highest BCUT2D eigenvalue weighted by molar-refractivity contribution is 6.30. The molecule has 2 aromatic carbocycles. The molecule has 1 fully saturated rings. The molecule has 0 saturated heterocycles. The lowest BCUT2D eigenvalue weighted by atomic mass is 9.79. The van der Waals surface area contributed by atoms with E-state index in [4.69, 9.17) is 16.3 Å². The Morgan fingerprint density at radius 2 is 2.04 bits per heavy atom. The summed E-state index contributed by atoms with van der Waals surface area (Å²) in [4.78, 5) is 19.6. The predicted octanol–water partition coefficient (Wildman–Crippen LogP) is 4.34. The van der Waals surface area contributed by atoms with Gasteiger partial charge in [0.2, 0.25) is 5.54 Å². The highest BCUT2D eigenvalue weighted by Crippen LogP contribution is 2.48. The van der Waals surface area contributed by atoms with Crippen molar-refractivity contribution in [3.8, 4) is 0 Å². The van der Waals surface area contributed by atoms with Gasteiger partial charge in [-0.05, 0) is 36.5 Å². The first-order valence-corrected chi connectivity index (χ1v) is 9.34. The van der Waals surface area contributed by atoms with Gasteiger partial charge in [0.15, 0.2) is 0 Å². The van der Waals surface area contributed by atoms with Gasteiger partial charge in [0.1, 0.15) is 5.82 Å². The summed E-state index contributed by atoms with van der Waals surface area (Å²) in [5.74, 6) is -0.427. The maximum absolute atomic E-state index is 14.9. The maximum Gasteiger partial charge on any atom is 0.341 e. The maximum atomic E-state index is 14.9. The van der Waals surface area contributed by atoms with E-state index in [-0.39, 0.29) is 0 Å². The minimum Gasteiger partial charge on any atom is -0.467 e. The van der Waals surface area contributed by atoms with Gasteiger partial charge < -0.3 is 9.64 Å². The summed E-state index contributed by atoms with van der Waals surface area (Å²) in [6.07, 6.45) is 3.94. The van der Waals surface area contributed by atoms with Crippen LogP contribution in [0.3, 0.4) is 0 Å². The summed E-state index contributed by atoms with van der Waals surface area (Å²) >= 11 is 5.96. The monoisotopic (exact) mass is 386 g/mol. The topological polar surface area (TPSA) is 41.9 Å². The molecule has 2 atom stereocenters. The standard InChI is InChI=1S/C21H20ClFN2O2/c1-27-20(26)21(15-5-3-2-4-6-15)19(17-10-9-16(22)11-18(17)23)25(13-24-21)12-14-7-8-14/h2-6,9-11,13-14,19H,7-8,12H2,1H3. The second kappa shape index (κ2) is 6.97. The third-order valence-corrected chi connectivity index (χ3v) is 5.51. The van der Waals surface area contributed by atoms with Crippen LogP contribution in [0.25, 0.3) is 0 Å². The van der Waals surface area contributed by atoms with Crippen LogP contribution in [0.4, 0.5) is 4.39 Å². The predicted molar refractivity (Wildman–Crippen MR) is 102 cm³/mol. The number of hydrogen-bond acceptors (Lipinski definition) is 4. The zero-order valence-electron chi connectivity index (χ0n) is 14.9. The largest absolute Gasteiger partial charge is 0.467 e. The molecule has 1 saturated carbocycles. The Hall–Kier alpha value is -2.40. The van der Waals surface area contributed by atoms with E-state index in [1.165, 1.54) is 13.2 Å². The van der Waals surface area contributed by atoms with E-state index in [2.05, 4.69) is 4.99 Å². The molecule has 1 heterocycles. The molecule has 0 radical (unpaired) electrons. The summed E-state index contributed by atoms with van der Waals surface area (Å²) < 4.78 is 20.1. The van der Waals surface area contributed by atoms with Crippen LogP contribution in [0.5, 0.6) is 0 Å². The van der Waals surface area contributed by atoms with Gasteiger partial charge in [-0.1, -0.05) is 48.0 Å². The number of hydrogen-bond donors (Lipinski definition) is 0. The van der Waals surface area contributed by atoms with Crippen molar-refractivity contribution in [1.29, 1.82) is 0 Å². The zero-order valence-corrected chi connectivity index (χ0v) is 15.7. The van der Waals surface area contributed by atoms with Crippen molar-refractivity contribution in [2.75, 3.05) is 13.7 Å². The average molecular weight is 387 g/mol. The van der Waals surface area contributed by atoms with Gasteiger partial charge in [-0.3, -0.25) is 0 Å². The average Bonchev–Trinajstić information content (AvgIpc) is 3.42. The van der Waals surface area contributed by atoms with E-state index in [0.717, 1.165) is 19.4 Å². The Bertz CT molecular complexity index is 885. The van der Waals surface area contributed by atoms with Gasteiger partial charge in [0, 0.05) is 17.1 Å². The van der Waals surface area contributed by atoms with Gasteiger partial charge in [-0.25, -0.2) is 14.2 Å². The molecular formula is C21H20ClFN2O2. The van der Waals surface area contributed by atoms with Crippen LogP contribution < -0.4 is 0 Å². The Morgan fingerprint density at radius 3 is 2.67 bits per heavy atom. The molecule has 1 aliphatic carbocycles. The fraction of sp³-hybridized carbons (Fsp3) is 0.333. The SMILES string of the molecule is COC(=O)C1(c2ccccc2)N=CN(CC2CC2)C1c1ccc(Cl)cc1F. The number of benzene rings is 2. The molecule has 1 aliphatic heterocycles. The highest BCUT2D eigenvalue weighted by Gasteiger charge is 2.55. The molecule has 0 spiro atoms. The first kappa shape index (κ1) is 18.0. The molecule has 0 aromatic heterocycles. The molecule has 6 heteroatoms. The van der Waals surface area contributed by atoms with Crippen molar-refractivity contribution in [3.63, 3.8) is 0 Å². The molecule has 140 valence electrons. The molecule has 2 aliphatic rings. The lowest BCUT2D eigenvalue weighted by Gasteiger charge is -2.36. The molecule has 4 nitrogen and oxygen atoms in total.